The number of carbonyl (C=O) groups is 1. The number of aromatic amines is 1. The predicted molar refractivity (Wildman–Crippen MR) is 93.8 cm³/mol. The van der Waals surface area contributed by atoms with Crippen LogP contribution in [0.3, 0.4) is 0 Å². The molecule has 8 nitrogen and oxygen atoms in total. The molecule has 1 aromatic carbocycles. The molecule has 25 heavy (non-hydrogen) atoms. The number of aromatic nitrogens is 3. The summed E-state index contributed by atoms with van der Waals surface area (Å²) in [5, 5.41) is 9.45. The highest BCUT2D eigenvalue weighted by molar-refractivity contribution is 5.89. The van der Waals surface area contributed by atoms with Crippen molar-refractivity contribution in [2.45, 2.75) is 20.3 Å². The molecule has 0 aliphatic heterocycles. The number of anilines is 1. The van der Waals surface area contributed by atoms with Gasteiger partial charge in [0.05, 0.1) is 32.8 Å². The van der Waals surface area contributed by atoms with Crippen molar-refractivity contribution < 1.29 is 19.0 Å². The average Bonchev–Trinajstić information content (AvgIpc) is 3.06. The van der Waals surface area contributed by atoms with E-state index in [1.165, 1.54) is 0 Å². The van der Waals surface area contributed by atoms with Gasteiger partial charge >= 0.3 is 0 Å². The predicted octanol–water partition coefficient (Wildman–Crippen LogP) is 2.49. The number of nitrogens with zero attached hydrogens (tertiary/aromatic N) is 2. The first-order chi connectivity index (χ1) is 12.0. The van der Waals surface area contributed by atoms with Crippen LogP contribution >= 0.6 is 0 Å². The van der Waals surface area contributed by atoms with E-state index in [4.69, 9.17) is 14.2 Å². The molecule has 1 heterocycles. The average molecular weight is 348 g/mol. The first-order valence-corrected chi connectivity index (χ1v) is 8.06. The van der Waals surface area contributed by atoms with Gasteiger partial charge in [-0.1, -0.05) is 13.8 Å². The molecular formula is C17H24N4O4. The van der Waals surface area contributed by atoms with Crippen LogP contribution in [0.25, 0.3) is 11.4 Å². The van der Waals surface area contributed by atoms with Gasteiger partial charge < -0.3 is 14.2 Å². The summed E-state index contributed by atoms with van der Waals surface area (Å²) in [6, 6.07) is 5.36. The molecule has 0 unspecified atom stereocenters. The summed E-state index contributed by atoms with van der Waals surface area (Å²) in [6.07, 6.45) is 0.252. The van der Waals surface area contributed by atoms with Gasteiger partial charge in [-0.2, -0.15) is 4.98 Å². The fourth-order valence-electron chi connectivity index (χ4n) is 2.10. The zero-order valence-electron chi connectivity index (χ0n) is 15.0. The summed E-state index contributed by atoms with van der Waals surface area (Å²) in [6.45, 7) is 5.12. The maximum Gasteiger partial charge on any atom is 0.249 e. The second-order valence-corrected chi connectivity index (χ2v) is 5.84. The van der Waals surface area contributed by atoms with E-state index in [2.05, 4.69) is 34.3 Å². The van der Waals surface area contributed by atoms with Crippen LogP contribution in [-0.2, 0) is 9.53 Å². The molecule has 136 valence electrons. The minimum atomic E-state index is -0.198. The number of nitrogens with one attached hydrogen (secondary N) is 2. The molecule has 0 atom stereocenters. The zero-order chi connectivity index (χ0) is 18.2. The fourth-order valence-corrected chi connectivity index (χ4v) is 2.10. The Bertz CT molecular complexity index is 700. The van der Waals surface area contributed by atoms with Gasteiger partial charge in [0.15, 0.2) is 5.82 Å². The van der Waals surface area contributed by atoms with Crippen LogP contribution in [0.5, 0.6) is 11.5 Å². The highest BCUT2D eigenvalue weighted by Gasteiger charge is 2.13. The van der Waals surface area contributed by atoms with Gasteiger partial charge in [0, 0.05) is 12.7 Å². The monoisotopic (exact) mass is 348 g/mol. The molecule has 2 N–H and O–H groups in total. The van der Waals surface area contributed by atoms with E-state index in [0.29, 0.717) is 36.5 Å². The Morgan fingerprint density at radius 3 is 2.76 bits per heavy atom. The third kappa shape index (κ3) is 5.46. The van der Waals surface area contributed by atoms with Crippen LogP contribution in [0.1, 0.15) is 20.3 Å². The number of methoxy groups -OCH3 is 2. The molecule has 2 aromatic rings. The normalized spacial score (nSPS) is 10.8. The molecule has 0 radical (unpaired) electrons. The van der Waals surface area contributed by atoms with Crippen molar-refractivity contribution >= 4 is 11.9 Å². The molecule has 8 heteroatoms. The lowest BCUT2D eigenvalue weighted by Crippen LogP contribution is -2.16. The van der Waals surface area contributed by atoms with Crippen molar-refractivity contribution in [2.75, 3.05) is 32.8 Å². The fraction of sp³-hybridized carbons (Fsp3) is 0.471. The van der Waals surface area contributed by atoms with Crippen LogP contribution < -0.4 is 14.8 Å². The Morgan fingerprint density at radius 2 is 2.08 bits per heavy atom. The highest BCUT2D eigenvalue weighted by Crippen LogP contribution is 2.31. The van der Waals surface area contributed by atoms with Gasteiger partial charge in [-0.15, -0.1) is 5.10 Å². The van der Waals surface area contributed by atoms with E-state index < -0.39 is 0 Å². The molecule has 0 saturated heterocycles. The lowest BCUT2D eigenvalue weighted by molar-refractivity contribution is -0.117. The summed E-state index contributed by atoms with van der Waals surface area (Å²) in [5.41, 5.74) is 0.719. The molecule has 0 spiro atoms. The molecule has 1 aromatic heterocycles. The SMILES string of the molecule is COc1ccc(-c2nc(NC(=O)CCOCC(C)C)n[nH]2)c(OC)c1. The molecule has 0 saturated carbocycles. The Labute approximate surface area is 146 Å². The van der Waals surface area contributed by atoms with E-state index in [1.54, 1.807) is 26.4 Å². The van der Waals surface area contributed by atoms with Crippen molar-refractivity contribution in [2.24, 2.45) is 5.92 Å². The number of hydrogen-bond donors (Lipinski definition) is 2. The molecular weight excluding hydrogens is 324 g/mol. The number of rotatable bonds is 9. The Hall–Kier alpha value is -2.61. The van der Waals surface area contributed by atoms with Crippen molar-refractivity contribution in [3.05, 3.63) is 18.2 Å². The maximum atomic E-state index is 11.9. The lowest BCUT2D eigenvalue weighted by Gasteiger charge is -2.08. The second kappa shape index (κ2) is 9.03. The standard InChI is InChI=1S/C17H24N4O4/c1-11(2)10-25-8-7-15(22)18-17-19-16(20-21-17)13-6-5-12(23-3)9-14(13)24-4/h5-6,9,11H,7-8,10H2,1-4H3,(H2,18,19,20,21,22). The number of amides is 1. The van der Waals surface area contributed by atoms with Gasteiger partial charge in [0.1, 0.15) is 11.5 Å². The third-order valence-electron chi connectivity index (χ3n) is 3.33. The number of H-pyrrole nitrogens is 1. The van der Waals surface area contributed by atoms with Crippen molar-refractivity contribution in [1.29, 1.82) is 0 Å². The number of carbonyl (C=O) groups excluding carboxylic acids is 1. The molecule has 0 bridgehead atoms. The molecule has 1 amide bonds. The summed E-state index contributed by atoms with van der Waals surface area (Å²) in [7, 11) is 3.15. The van der Waals surface area contributed by atoms with Gasteiger partial charge in [-0.3, -0.25) is 15.2 Å². The molecule has 0 fully saturated rings. The van der Waals surface area contributed by atoms with Crippen LogP contribution in [-0.4, -0.2) is 48.5 Å². The number of ether oxygens (including phenoxy) is 3. The summed E-state index contributed by atoms with van der Waals surface area (Å²) < 4.78 is 15.9. The highest BCUT2D eigenvalue weighted by atomic mass is 16.5. The van der Waals surface area contributed by atoms with E-state index in [-0.39, 0.29) is 18.3 Å². The molecule has 0 aliphatic rings. The van der Waals surface area contributed by atoms with Crippen LogP contribution in [0, 0.1) is 5.92 Å². The third-order valence-corrected chi connectivity index (χ3v) is 3.33. The van der Waals surface area contributed by atoms with Crippen molar-refractivity contribution in [1.82, 2.24) is 15.2 Å². The lowest BCUT2D eigenvalue weighted by atomic mass is 10.2. The Morgan fingerprint density at radius 1 is 1.28 bits per heavy atom. The zero-order valence-corrected chi connectivity index (χ0v) is 15.0. The van der Waals surface area contributed by atoms with Crippen molar-refractivity contribution in [3.63, 3.8) is 0 Å². The van der Waals surface area contributed by atoms with E-state index in [9.17, 15) is 4.79 Å². The first kappa shape index (κ1) is 18.7. The van der Waals surface area contributed by atoms with Gasteiger partial charge in [0.25, 0.3) is 0 Å². The smallest absolute Gasteiger partial charge is 0.249 e. The minimum Gasteiger partial charge on any atom is -0.497 e. The Balaban J connectivity index is 1.97. The molecule has 2 rings (SSSR count). The van der Waals surface area contributed by atoms with Gasteiger partial charge in [0.2, 0.25) is 11.9 Å². The second-order valence-electron chi connectivity index (χ2n) is 5.84. The minimum absolute atomic E-state index is 0.198. The summed E-state index contributed by atoms with van der Waals surface area (Å²) in [4.78, 5) is 16.2. The van der Waals surface area contributed by atoms with Crippen LogP contribution in [0.15, 0.2) is 18.2 Å². The molecule has 0 aliphatic carbocycles. The van der Waals surface area contributed by atoms with Crippen LogP contribution in [0.4, 0.5) is 5.95 Å². The summed E-state index contributed by atoms with van der Waals surface area (Å²) >= 11 is 0. The van der Waals surface area contributed by atoms with Crippen molar-refractivity contribution in [3.8, 4) is 22.9 Å². The first-order valence-electron chi connectivity index (χ1n) is 8.06. The quantitative estimate of drug-likeness (QED) is 0.676. The maximum absolute atomic E-state index is 11.9. The van der Waals surface area contributed by atoms with Gasteiger partial charge in [-0.25, -0.2) is 0 Å². The van der Waals surface area contributed by atoms with Gasteiger partial charge in [-0.05, 0) is 18.1 Å². The van der Waals surface area contributed by atoms with E-state index in [1.807, 2.05) is 6.07 Å². The van der Waals surface area contributed by atoms with E-state index >= 15 is 0 Å². The number of benzene rings is 1. The summed E-state index contributed by atoms with van der Waals surface area (Å²) in [5.74, 6) is 2.21. The van der Waals surface area contributed by atoms with Crippen LogP contribution in [0.2, 0.25) is 0 Å². The van der Waals surface area contributed by atoms with E-state index in [0.717, 1.165) is 5.56 Å². The topological polar surface area (TPSA) is 98.4 Å². The largest absolute Gasteiger partial charge is 0.497 e. The number of hydrogen-bond acceptors (Lipinski definition) is 6. The Kier molecular flexibility index (Phi) is 6.76.